The zero-order chi connectivity index (χ0) is 13.1. The lowest BCUT2D eigenvalue weighted by atomic mass is 9.67. The molecule has 0 bridgehead atoms. The molecule has 0 aromatic heterocycles. The molecule has 1 aliphatic carbocycles. The van der Waals surface area contributed by atoms with Crippen molar-refractivity contribution >= 4 is 0 Å². The van der Waals surface area contributed by atoms with Crippen molar-refractivity contribution in [3.05, 3.63) is 0 Å². The minimum Gasteiger partial charge on any atom is -0.312 e. The van der Waals surface area contributed by atoms with E-state index < -0.39 is 0 Å². The maximum atomic E-state index is 3.77. The van der Waals surface area contributed by atoms with Crippen LogP contribution in [0.3, 0.4) is 0 Å². The summed E-state index contributed by atoms with van der Waals surface area (Å²) in [5, 5.41) is 3.77. The maximum Gasteiger partial charge on any atom is 0.0361 e. The second-order valence-electron chi connectivity index (χ2n) is 6.92. The van der Waals surface area contributed by atoms with E-state index in [1.807, 2.05) is 0 Å². The lowest BCUT2D eigenvalue weighted by Gasteiger charge is -2.53. The summed E-state index contributed by atoms with van der Waals surface area (Å²) >= 11 is 0. The van der Waals surface area contributed by atoms with E-state index >= 15 is 0 Å². The van der Waals surface area contributed by atoms with Crippen LogP contribution in [0.15, 0.2) is 0 Å². The summed E-state index contributed by atoms with van der Waals surface area (Å²) in [7, 11) is 4.53. The van der Waals surface area contributed by atoms with Crippen LogP contribution in [0.2, 0.25) is 0 Å². The van der Waals surface area contributed by atoms with Gasteiger partial charge < -0.3 is 10.2 Å². The smallest absolute Gasteiger partial charge is 0.0361 e. The maximum absolute atomic E-state index is 3.77. The largest absolute Gasteiger partial charge is 0.312 e. The van der Waals surface area contributed by atoms with Gasteiger partial charge in [0.25, 0.3) is 0 Å². The molecule has 1 atom stereocenters. The number of likely N-dealkylation sites (N-methyl/N-ethyl adjacent to an activating group) is 2. The van der Waals surface area contributed by atoms with Gasteiger partial charge in [-0.1, -0.05) is 47.0 Å². The van der Waals surface area contributed by atoms with Gasteiger partial charge in [-0.15, -0.1) is 0 Å². The van der Waals surface area contributed by atoms with Crippen molar-refractivity contribution in [3.63, 3.8) is 0 Å². The molecule has 0 aromatic rings. The van der Waals surface area contributed by atoms with Gasteiger partial charge >= 0.3 is 0 Å². The molecule has 1 aliphatic rings. The first-order chi connectivity index (χ1) is 7.84. The normalized spacial score (nSPS) is 22.8. The van der Waals surface area contributed by atoms with Gasteiger partial charge in [-0.05, 0) is 38.9 Å². The highest BCUT2D eigenvalue weighted by molar-refractivity contribution is 5.04. The van der Waals surface area contributed by atoms with Crippen LogP contribution in [-0.4, -0.2) is 37.1 Å². The second-order valence-corrected chi connectivity index (χ2v) is 6.92. The second kappa shape index (κ2) is 5.71. The predicted molar refractivity (Wildman–Crippen MR) is 76.4 cm³/mol. The Morgan fingerprint density at radius 3 is 2.00 bits per heavy atom. The van der Waals surface area contributed by atoms with Crippen LogP contribution in [0.25, 0.3) is 0 Å². The average Bonchev–Trinajstić information content (AvgIpc) is 2.25. The van der Waals surface area contributed by atoms with Crippen molar-refractivity contribution < 1.29 is 0 Å². The van der Waals surface area contributed by atoms with Gasteiger partial charge in [0.1, 0.15) is 0 Å². The molecule has 0 radical (unpaired) electrons. The SMILES string of the molecule is CCNC(C(C)(C)C)C1(N(C)C)CCCCC1. The van der Waals surface area contributed by atoms with E-state index in [2.05, 4.69) is 52.0 Å². The van der Waals surface area contributed by atoms with Crippen LogP contribution in [-0.2, 0) is 0 Å². The summed E-state index contributed by atoms with van der Waals surface area (Å²) in [6, 6.07) is 0.579. The molecule has 1 rings (SSSR count). The van der Waals surface area contributed by atoms with Gasteiger partial charge in [-0.2, -0.15) is 0 Å². The molecule has 0 heterocycles. The number of nitrogens with one attached hydrogen (secondary N) is 1. The Morgan fingerprint density at radius 2 is 1.65 bits per heavy atom. The van der Waals surface area contributed by atoms with E-state index in [-0.39, 0.29) is 0 Å². The molecule has 102 valence electrons. The monoisotopic (exact) mass is 240 g/mol. The topological polar surface area (TPSA) is 15.3 Å². The van der Waals surface area contributed by atoms with Gasteiger partial charge in [0.05, 0.1) is 0 Å². The highest BCUT2D eigenvalue weighted by Crippen LogP contribution is 2.41. The Labute approximate surface area is 108 Å². The zero-order valence-corrected chi connectivity index (χ0v) is 12.8. The fraction of sp³-hybridized carbons (Fsp3) is 1.00. The van der Waals surface area contributed by atoms with Crippen LogP contribution in [0.1, 0.15) is 59.8 Å². The average molecular weight is 240 g/mol. The van der Waals surface area contributed by atoms with Crippen LogP contribution < -0.4 is 5.32 Å². The predicted octanol–water partition coefficient (Wildman–Crippen LogP) is 3.28. The molecule has 0 aromatic carbocycles. The summed E-state index contributed by atoms with van der Waals surface area (Å²) in [6.45, 7) is 10.4. The molecule has 1 N–H and O–H groups in total. The first-order valence-electron chi connectivity index (χ1n) is 7.25. The van der Waals surface area contributed by atoms with E-state index in [9.17, 15) is 0 Å². The van der Waals surface area contributed by atoms with E-state index in [0.29, 0.717) is 17.0 Å². The first kappa shape index (κ1) is 15.0. The summed E-state index contributed by atoms with van der Waals surface area (Å²) in [5.41, 5.74) is 0.671. The van der Waals surface area contributed by atoms with E-state index in [4.69, 9.17) is 0 Å². The Hall–Kier alpha value is -0.0800. The third kappa shape index (κ3) is 3.23. The number of hydrogen-bond acceptors (Lipinski definition) is 2. The summed E-state index contributed by atoms with van der Waals surface area (Å²) in [5.74, 6) is 0. The standard InChI is InChI=1S/C15H32N2/c1-7-16-13(14(2,3)4)15(17(5)6)11-9-8-10-12-15/h13,16H,7-12H2,1-6H3. The third-order valence-corrected chi connectivity index (χ3v) is 4.42. The fourth-order valence-corrected chi connectivity index (χ4v) is 3.66. The fourth-order valence-electron chi connectivity index (χ4n) is 3.66. The first-order valence-corrected chi connectivity index (χ1v) is 7.25. The third-order valence-electron chi connectivity index (χ3n) is 4.42. The van der Waals surface area contributed by atoms with Crippen molar-refractivity contribution in [2.24, 2.45) is 5.41 Å². The zero-order valence-electron chi connectivity index (χ0n) is 12.8. The summed E-state index contributed by atoms with van der Waals surface area (Å²) in [6.07, 6.45) is 6.87. The Morgan fingerprint density at radius 1 is 1.12 bits per heavy atom. The molecule has 2 heteroatoms. The van der Waals surface area contributed by atoms with Gasteiger partial charge in [0, 0.05) is 11.6 Å². The molecule has 1 fully saturated rings. The van der Waals surface area contributed by atoms with Crippen molar-refractivity contribution in [1.29, 1.82) is 0 Å². The van der Waals surface area contributed by atoms with Crippen molar-refractivity contribution in [2.45, 2.75) is 71.4 Å². The molecule has 1 unspecified atom stereocenters. The Bertz CT molecular complexity index is 222. The highest BCUT2D eigenvalue weighted by Gasteiger charge is 2.46. The summed E-state index contributed by atoms with van der Waals surface area (Å²) in [4.78, 5) is 2.49. The molecular weight excluding hydrogens is 208 g/mol. The van der Waals surface area contributed by atoms with Crippen LogP contribution in [0.4, 0.5) is 0 Å². The van der Waals surface area contributed by atoms with Crippen LogP contribution >= 0.6 is 0 Å². The lowest BCUT2D eigenvalue weighted by molar-refractivity contribution is 0.0128. The van der Waals surface area contributed by atoms with Gasteiger partial charge in [0.2, 0.25) is 0 Å². The van der Waals surface area contributed by atoms with Gasteiger partial charge in [-0.25, -0.2) is 0 Å². The van der Waals surface area contributed by atoms with Crippen molar-refractivity contribution in [2.75, 3.05) is 20.6 Å². The molecule has 0 spiro atoms. The van der Waals surface area contributed by atoms with Crippen LogP contribution in [0.5, 0.6) is 0 Å². The Kier molecular flexibility index (Phi) is 5.03. The lowest BCUT2D eigenvalue weighted by Crippen LogP contribution is -2.64. The highest BCUT2D eigenvalue weighted by atomic mass is 15.2. The molecule has 0 amide bonds. The molecular formula is C15H32N2. The number of hydrogen-bond donors (Lipinski definition) is 1. The molecule has 0 aliphatic heterocycles. The molecule has 0 saturated heterocycles. The molecule has 1 saturated carbocycles. The van der Waals surface area contributed by atoms with Gasteiger partial charge in [0.15, 0.2) is 0 Å². The number of nitrogens with zero attached hydrogens (tertiary/aromatic N) is 1. The van der Waals surface area contributed by atoms with Crippen molar-refractivity contribution in [1.82, 2.24) is 10.2 Å². The molecule has 17 heavy (non-hydrogen) atoms. The minimum absolute atomic E-state index is 0.317. The minimum atomic E-state index is 0.317. The van der Waals surface area contributed by atoms with Gasteiger partial charge in [-0.3, -0.25) is 0 Å². The quantitative estimate of drug-likeness (QED) is 0.811. The van der Waals surface area contributed by atoms with E-state index in [1.54, 1.807) is 0 Å². The summed E-state index contributed by atoms with van der Waals surface area (Å²) < 4.78 is 0. The van der Waals surface area contributed by atoms with Crippen molar-refractivity contribution in [3.8, 4) is 0 Å². The number of rotatable bonds is 4. The molecule has 2 nitrogen and oxygen atoms in total. The van der Waals surface area contributed by atoms with E-state index in [1.165, 1.54) is 32.1 Å². The van der Waals surface area contributed by atoms with Crippen LogP contribution in [0, 0.1) is 5.41 Å². The van der Waals surface area contributed by atoms with E-state index in [0.717, 1.165) is 6.54 Å². The Balaban J connectivity index is 3.00.